The molecule has 3 rings (SSSR count). The predicted octanol–water partition coefficient (Wildman–Crippen LogP) is 3.05. The fourth-order valence-electron chi connectivity index (χ4n) is 3.89. The van der Waals surface area contributed by atoms with Crippen molar-refractivity contribution in [3.05, 3.63) is 35.4 Å². The fraction of sp³-hybridized carbons (Fsp3) is 0.545. The third-order valence-corrected chi connectivity index (χ3v) is 5.44. The predicted molar refractivity (Wildman–Crippen MR) is 118 cm³/mol. The zero-order valence-corrected chi connectivity index (χ0v) is 18.2. The molecule has 0 bridgehead atoms. The number of nitrogens with zero attached hydrogens (tertiary/aromatic N) is 4. The number of hydrogen-bond donors (Lipinski definition) is 2. The Balaban J connectivity index is 1.90. The highest BCUT2D eigenvalue weighted by molar-refractivity contribution is 6.38. The van der Waals surface area contributed by atoms with Gasteiger partial charge in [-0.2, -0.15) is 0 Å². The van der Waals surface area contributed by atoms with Gasteiger partial charge in [0.15, 0.2) is 5.82 Å². The quantitative estimate of drug-likeness (QED) is 0.547. The van der Waals surface area contributed by atoms with Crippen LogP contribution >= 0.6 is 0 Å². The minimum Gasteiger partial charge on any atom is -0.351 e. The van der Waals surface area contributed by atoms with E-state index >= 15 is 0 Å². The lowest BCUT2D eigenvalue weighted by atomic mass is 9.84. The van der Waals surface area contributed by atoms with Crippen LogP contribution in [0.25, 0.3) is 0 Å². The number of anilines is 1. The number of carbonyl (C=O) groups is 1. The third kappa shape index (κ3) is 4.56. The van der Waals surface area contributed by atoms with Crippen molar-refractivity contribution in [1.82, 2.24) is 20.6 Å². The van der Waals surface area contributed by atoms with Crippen LogP contribution in [0.15, 0.2) is 34.7 Å². The molecular weight excluding hydrogens is 364 g/mol. The van der Waals surface area contributed by atoms with Gasteiger partial charge in [-0.25, -0.2) is 15.0 Å². The van der Waals surface area contributed by atoms with Crippen LogP contribution in [0.3, 0.4) is 0 Å². The lowest BCUT2D eigenvalue weighted by Gasteiger charge is -2.22. The SMILES string of the molecule is CNCCCNC(=O)/C(C)=N/c1c(C)ncnc1N1CC(C)(C)C2=CCCC=C21. The van der Waals surface area contributed by atoms with Gasteiger partial charge in [0.25, 0.3) is 5.91 Å². The maximum absolute atomic E-state index is 12.4. The van der Waals surface area contributed by atoms with Gasteiger partial charge in [0.2, 0.25) is 0 Å². The molecular formula is C22H32N6O. The first-order chi connectivity index (χ1) is 13.8. The second kappa shape index (κ2) is 8.86. The second-order valence-electron chi connectivity index (χ2n) is 8.30. The van der Waals surface area contributed by atoms with Gasteiger partial charge in [-0.05, 0) is 52.3 Å². The number of aromatic nitrogens is 2. The lowest BCUT2D eigenvalue weighted by molar-refractivity contribution is -0.114. The molecule has 7 heteroatoms. The van der Waals surface area contributed by atoms with Crippen LogP contribution in [-0.4, -0.2) is 48.3 Å². The highest BCUT2D eigenvalue weighted by Crippen LogP contribution is 2.47. The Kier molecular flexibility index (Phi) is 6.47. The molecule has 0 saturated carbocycles. The van der Waals surface area contributed by atoms with Crippen LogP contribution < -0.4 is 15.5 Å². The van der Waals surface area contributed by atoms with Gasteiger partial charge in [-0.1, -0.05) is 26.0 Å². The van der Waals surface area contributed by atoms with Crippen molar-refractivity contribution in [1.29, 1.82) is 0 Å². The van der Waals surface area contributed by atoms with Gasteiger partial charge in [-0.3, -0.25) is 4.79 Å². The molecule has 2 N–H and O–H groups in total. The van der Waals surface area contributed by atoms with Crippen LogP contribution in [0.5, 0.6) is 0 Å². The Morgan fingerprint density at radius 2 is 2.00 bits per heavy atom. The van der Waals surface area contributed by atoms with E-state index in [9.17, 15) is 4.79 Å². The van der Waals surface area contributed by atoms with E-state index in [0.29, 0.717) is 17.9 Å². The highest BCUT2D eigenvalue weighted by Gasteiger charge is 2.40. The van der Waals surface area contributed by atoms with E-state index in [2.05, 4.69) is 56.5 Å². The first kappa shape index (κ1) is 21.2. The van der Waals surface area contributed by atoms with Crippen molar-refractivity contribution in [2.75, 3.05) is 31.6 Å². The molecule has 1 saturated heterocycles. The second-order valence-corrected chi connectivity index (χ2v) is 8.30. The normalized spacial score (nSPS) is 18.2. The summed E-state index contributed by atoms with van der Waals surface area (Å²) in [5, 5.41) is 5.99. The summed E-state index contributed by atoms with van der Waals surface area (Å²) < 4.78 is 0. The third-order valence-electron chi connectivity index (χ3n) is 5.44. The van der Waals surface area contributed by atoms with Crippen molar-refractivity contribution in [2.24, 2.45) is 10.4 Å². The number of rotatable bonds is 7. The Hall–Kier alpha value is -2.54. The van der Waals surface area contributed by atoms with Crippen molar-refractivity contribution < 1.29 is 4.79 Å². The number of allylic oxidation sites excluding steroid dienone is 3. The van der Waals surface area contributed by atoms with Gasteiger partial charge in [0.05, 0.1) is 5.69 Å². The molecule has 0 atom stereocenters. The van der Waals surface area contributed by atoms with Gasteiger partial charge in [-0.15, -0.1) is 0 Å². The maximum Gasteiger partial charge on any atom is 0.265 e. The van der Waals surface area contributed by atoms with Crippen molar-refractivity contribution >= 4 is 23.1 Å². The van der Waals surface area contributed by atoms with E-state index in [4.69, 9.17) is 0 Å². The zero-order valence-electron chi connectivity index (χ0n) is 18.2. The number of amides is 1. The average molecular weight is 397 g/mol. The molecule has 1 aromatic rings. The molecule has 1 aliphatic heterocycles. The van der Waals surface area contributed by atoms with E-state index in [0.717, 1.165) is 43.9 Å². The van der Waals surface area contributed by atoms with E-state index in [1.54, 1.807) is 13.3 Å². The standard InChI is InChI=1S/C22H32N6O/c1-15-19(27-16(2)21(29)24-12-8-11-23-5)20(26-14-25-15)28-13-22(3,4)17-9-6-7-10-18(17)28/h9-10,14,23H,6-8,11-13H2,1-5H3,(H,24,29)/b27-16+. The molecule has 1 aliphatic carbocycles. The lowest BCUT2D eigenvalue weighted by Crippen LogP contribution is -2.31. The summed E-state index contributed by atoms with van der Waals surface area (Å²) in [6, 6.07) is 0. The molecule has 0 radical (unpaired) electrons. The summed E-state index contributed by atoms with van der Waals surface area (Å²) in [7, 11) is 1.90. The first-order valence-electron chi connectivity index (χ1n) is 10.3. The van der Waals surface area contributed by atoms with Crippen molar-refractivity contribution in [2.45, 2.75) is 47.0 Å². The largest absolute Gasteiger partial charge is 0.351 e. The van der Waals surface area contributed by atoms with Crippen molar-refractivity contribution in [3.63, 3.8) is 0 Å². The molecule has 156 valence electrons. The van der Waals surface area contributed by atoms with E-state index in [1.165, 1.54) is 11.3 Å². The van der Waals surface area contributed by atoms with E-state index in [1.807, 2.05) is 14.0 Å². The molecule has 2 aliphatic rings. The average Bonchev–Trinajstić information content (AvgIpc) is 2.98. The summed E-state index contributed by atoms with van der Waals surface area (Å²) in [6.45, 7) is 10.5. The molecule has 0 unspecified atom stereocenters. The number of carbonyl (C=O) groups excluding carboxylic acids is 1. The van der Waals surface area contributed by atoms with Gasteiger partial charge < -0.3 is 15.5 Å². The van der Waals surface area contributed by atoms with E-state index in [-0.39, 0.29) is 11.3 Å². The Bertz CT molecular complexity index is 868. The van der Waals surface area contributed by atoms with Crippen LogP contribution in [0.1, 0.15) is 45.7 Å². The minimum absolute atomic E-state index is 0.0474. The van der Waals surface area contributed by atoms with Gasteiger partial charge >= 0.3 is 0 Å². The van der Waals surface area contributed by atoms with Crippen LogP contribution in [0.2, 0.25) is 0 Å². The summed E-state index contributed by atoms with van der Waals surface area (Å²) in [4.78, 5) is 28.3. The number of nitrogens with one attached hydrogen (secondary N) is 2. The Morgan fingerprint density at radius 3 is 2.76 bits per heavy atom. The first-order valence-corrected chi connectivity index (χ1v) is 10.3. The Labute approximate surface area is 173 Å². The van der Waals surface area contributed by atoms with Crippen LogP contribution in [0, 0.1) is 12.3 Å². The fourth-order valence-corrected chi connectivity index (χ4v) is 3.89. The highest BCUT2D eigenvalue weighted by atomic mass is 16.1. The molecule has 29 heavy (non-hydrogen) atoms. The molecule has 1 amide bonds. The van der Waals surface area contributed by atoms with Gasteiger partial charge in [0.1, 0.15) is 17.7 Å². The van der Waals surface area contributed by atoms with Crippen LogP contribution in [0.4, 0.5) is 11.5 Å². The summed E-state index contributed by atoms with van der Waals surface area (Å²) in [5.41, 5.74) is 4.48. The molecule has 1 fully saturated rings. The molecule has 1 aromatic heterocycles. The minimum atomic E-state index is -0.158. The summed E-state index contributed by atoms with van der Waals surface area (Å²) >= 11 is 0. The molecule has 0 spiro atoms. The smallest absolute Gasteiger partial charge is 0.265 e. The number of hydrogen-bond acceptors (Lipinski definition) is 6. The summed E-state index contributed by atoms with van der Waals surface area (Å²) in [5.74, 6) is 0.610. The number of fused-ring (bicyclic) bond motifs is 1. The molecule has 2 heterocycles. The van der Waals surface area contributed by atoms with Crippen molar-refractivity contribution in [3.8, 4) is 0 Å². The van der Waals surface area contributed by atoms with E-state index < -0.39 is 0 Å². The van der Waals surface area contributed by atoms with Crippen LogP contribution in [-0.2, 0) is 4.79 Å². The Morgan fingerprint density at radius 1 is 1.24 bits per heavy atom. The monoisotopic (exact) mass is 396 g/mol. The number of aryl methyl sites for hydroxylation is 1. The summed E-state index contributed by atoms with van der Waals surface area (Å²) in [6.07, 6.45) is 9.20. The topological polar surface area (TPSA) is 82.5 Å². The maximum atomic E-state index is 12.4. The van der Waals surface area contributed by atoms with Gasteiger partial charge in [0, 0.05) is 24.2 Å². The molecule has 0 aromatic carbocycles. The number of aliphatic imine (C=N–C) groups is 1. The molecule has 7 nitrogen and oxygen atoms in total. The zero-order chi connectivity index (χ0) is 21.0.